The number of hydrogen-bond donors (Lipinski definition) is 1. The molecule has 0 spiro atoms. The molecule has 0 aliphatic rings. The van der Waals surface area contributed by atoms with E-state index in [1.807, 2.05) is 0 Å². The second-order valence-electron chi connectivity index (χ2n) is 1.71. The summed E-state index contributed by atoms with van der Waals surface area (Å²) in [6.07, 6.45) is 0. The summed E-state index contributed by atoms with van der Waals surface area (Å²) in [5, 5.41) is 0.472. The van der Waals surface area contributed by atoms with E-state index in [0.717, 1.165) is 0 Å². The van der Waals surface area contributed by atoms with Gasteiger partial charge in [-0.3, -0.25) is 0 Å². The first kappa shape index (κ1) is 11.6. The molecule has 1 atom stereocenters. The predicted octanol–water partition coefficient (Wildman–Crippen LogP) is 1.54. The summed E-state index contributed by atoms with van der Waals surface area (Å²) in [5.41, 5.74) is 0. The summed E-state index contributed by atoms with van der Waals surface area (Å²) in [6.45, 7) is 0. The van der Waals surface area contributed by atoms with Gasteiger partial charge in [-0.1, -0.05) is 17.7 Å². The Morgan fingerprint density at radius 1 is 1.45 bits per heavy atom. The van der Waals surface area contributed by atoms with Gasteiger partial charge in [-0.2, -0.15) is 0 Å². The second kappa shape index (κ2) is 5.30. The molecule has 1 aromatic carbocycles. The number of hydrogen-bond acceptors (Lipinski definition) is 1. The van der Waals surface area contributed by atoms with Crippen molar-refractivity contribution < 1.29 is 8.76 Å². The number of benzene rings is 1. The summed E-state index contributed by atoms with van der Waals surface area (Å²) in [6, 6.07) is 6.28. The van der Waals surface area contributed by atoms with E-state index in [4.69, 9.17) is 16.2 Å². The molecule has 0 fully saturated rings. The van der Waals surface area contributed by atoms with Crippen LogP contribution in [0.1, 0.15) is 0 Å². The van der Waals surface area contributed by atoms with Crippen LogP contribution in [0.5, 0.6) is 0 Å². The normalized spacial score (nSPS) is 11.8. The maximum atomic E-state index is 10.4. The molecule has 0 aromatic heterocycles. The summed E-state index contributed by atoms with van der Waals surface area (Å²) >= 11 is 3.62. The predicted molar refractivity (Wildman–Crippen MR) is 46.2 cm³/mol. The Kier molecular flexibility index (Phi) is 5.60. The molecule has 0 aliphatic carbocycles. The minimum absolute atomic E-state index is 0. The van der Waals surface area contributed by atoms with E-state index in [1.54, 1.807) is 18.2 Å². The molecule has 0 saturated heterocycles. The van der Waals surface area contributed by atoms with Gasteiger partial charge >= 0.3 is 0 Å². The Morgan fingerprint density at radius 2 is 2.09 bits per heavy atom. The third-order valence-electron chi connectivity index (χ3n) is 0.998. The molecule has 0 amide bonds. The van der Waals surface area contributed by atoms with E-state index in [-0.39, 0.29) is 29.6 Å². The summed E-state index contributed by atoms with van der Waals surface area (Å²) in [7, 11) is 0. The first-order valence-electron chi connectivity index (χ1n) is 2.56. The van der Waals surface area contributed by atoms with Crippen molar-refractivity contribution in [1.29, 1.82) is 0 Å². The van der Waals surface area contributed by atoms with Gasteiger partial charge in [-0.05, 0) is 18.2 Å². The van der Waals surface area contributed by atoms with E-state index in [1.165, 1.54) is 6.07 Å². The van der Waals surface area contributed by atoms with Crippen molar-refractivity contribution in [1.82, 2.24) is 0 Å². The molecule has 0 saturated carbocycles. The topological polar surface area (TPSA) is 37.3 Å². The number of halogens is 1. The maximum absolute atomic E-state index is 10.4. The van der Waals surface area contributed by atoms with Crippen LogP contribution in [0.25, 0.3) is 0 Å². The second-order valence-corrected chi connectivity index (χ2v) is 3.11. The standard InChI is InChI=1S/C6H5ClO2S.Na/c7-5-2-1-3-6(4-5)10(8)9;/h1-4H,(H,8,9);. The third-order valence-corrected chi connectivity index (χ3v) is 1.89. The van der Waals surface area contributed by atoms with Crippen LogP contribution in [0.3, 0.4) is 0 Å². The zero-order chi connectivity index (χ0) is 7.56. The zero-order valence-corrected chi connectivity index (χ0v) is 9.52. The van der Waals surface area contributed by atoms with Crippen molar-refractivity contribution in [2.45, 2.75) is 4.90 Å². The van der Waals surface area contributed by atoms with Crippen LogP contribution < -0.4 is 0 Å². The SMILES string of the molecule is O=S(O)c1cccc(Cl)c1.[Na]. The third kappa shape index (κ3) is 3.69. The van der Waals surface area contributed by atoms with Crippen LogP contribution in [-0.2, 0) is 11.1 Å². The minimum atomic E-state index is -1.92. The van der Waals surface area contributed by atoms with E-state index in [2.05, 4.69) is 0 Å². The molecule has 0 heterocycles. The average Bonchev–Trinajstić information content (AvgIpc) is 1.88. The molecule has 1 rings (SSSR count). The van der Waals surface area contributed by atoms with Crippen LogP contribution in [0.15, 0.2) is 29.2 Å². The van der Waals surface area contributed by atoms with Gasteiger partial charge in [0, 0.05) is 34.6 Å². The van der Waals surface area contributed by atoms with Gasteiger partial charge in [0.15, 0.2) is 11.1 Å². The summed E-state index contributed by atoms with van der Waals surface area (Å²) in [4.78, 5) is 0.326. The first-order valence-corrected chi connectivity index (χ1v) is 4.05. The van der Waals surface area contributed by atoms with Crippen LogP contribution in [0.4, 0.5) is 0 Å². The Morgan fingerprint density at radius 3 is 2.45 bits per heavy atom. The molecule has 5 heteroatoms. The fourth-order valence-electron chi connectivity index (χ4n) is 0.576. The average molecular weight is 200 g/mol. The molecule has 0 aliphatic heterocycles. The molecule has 1 radical (unpaired) electrons. The van der Waals surface area contributed by atoms with Crippen LogP contribution in [0, 0.1) is 0 Å². The molecular formula is C6H5ClNaO2S. The molecule has 1 N–H and O–H groups in total. The Bertz CT molecular complexity index is 267. The Labute approximate surface area is 94.5 Å². The quantitative estimate of drug-likeness (QED) is 0.550. The summed E-state index contributed by atoms with van der Waals surface area (Å²) < 4.78 is 19.0. The molecule has 11 heavy (non-hydrogen) atoms. The van der Waals surface area contributed by atoms with Gasteiger partial charge in [0.05, 0.1) is 4.90 Å². The van der Waals surface area contributed by atoms with Crippen molar-refractivity contribution in [3.8, 4) is 0 Å². The first-order chi connectivity index (χ1) is 4.70. The molecule has 2 nitrogen and oxygen atoms in total. The minimum Gasteiger partial charge on any atom is -0.302 e. The molecule has 55 valence electrons. The van der Waals surface area contributed by atoms with Gasteiger partial charge in [0.1, 0.15) is 0 Å². The maximum Gasteiger partial charge on any atom is 0.186 e. The molecular weight excluding hydrogens is 195 g/mol. The smallest absolute Gasteiger partial charge is 0.186 e. The Hall–Kier alpha value is 0.620. The van der Waals surface area contributed by atoms with E-state index in [9.17, 15) is 4.21 Å². The van der Waals surface area contributed by atoms with E-state index < -0.39 is 11.1 Å². The van der Waals surface area contributed by atoms with E-state index >= 15 is 0 Å². The van der Waals surface area contributed by atoms with Crippen molar-refractivity contribution in [2.75, 3.05) is 0 Å². The monoisotopic (exact) mass is 199 g/mol. The zero-order valence-electron chi connectivity index (χ0n) is 5.95. The van der Waals surface area contributed by atoms with Gasteiger partial charge in [-0.15, -0.1) is 0 Å². The molecule has 1 aromatic rings. The van der Waals surface area contributed by atoms with Gasteiger partial charge in [0.25, 0.3) is 0 Å². The van der Waals surface area contributed by atoms with Crippen LogP contribution in [-0.4, -0.2) is 38.3 Å². The summed E-state index contributed by atoms with van der Waals surface area (Å²) in [5.74, 6) is 0. The van der Waals surface area contributed by atoms with Crippen LogP contribution in [0.2, 0.25) is 5.02 Å². The van der Waals surface area contributed by atoms with Crippen molar-refractivity contribution in [3.63, 3.8) is 0 Å². The fraction of sp³-hybridized carbons (Fsp3) is 0. The van der Waals surface area contributed by atoms with Gasteiger partial charge in [-0.25, -0.2) is 4.21 Å². The largest absolute Gasteiger partial charge is 0.302 e. The van der Waals surface area contributed by atoms with Gasteiger partial charge in [0.2, 0.25) is 0 Å². The Balaban J connectivity index is 0.000001000. The van der Waals surface area contributed by atoms with Crippen molar-refractivity contribution >= 4 is 52.2 Å². The van der Waals surface area contributed by atoms with Crippen LogP contribution >= 0.6 is 11.6 Å². The molecule has 1 unspecified atom stereocenters. The van der Waals surface area contributed by atoms with Crippen molar-refractivity contribution in [3.05, 3.63) is 29.3 Å². The van der Waals surface area contributed by atoms with E-state index in [0.29, 0.717) is 9.92 Å². The number of rotatable bonds is 1. The fourth-order valence-corrected chi connectivity index (χ4v) is 1.25. The van der Waals surface area contributed by atoms with Crippen molar-refractivity contribution in [2.24, 2.45) is 0 Å². The molecule has 0 bridgehead atoms. The van der Waals surface area contributed by atoms with Gasteiger partial charge < -0.3 is 4.55 Å².